The lowest BCUT2D eigenvalue weighted by molar-refractivity contribution is 0.914. The van der Waals surface area contributed by atoms with Crippen molar-refractivity contribution in [2.75, 3.05) is 5.32 Å². The Bertz CT molecular complexity index is 447. The molecule has 0 aliphatic heterocycles. The Hall–Kier alpha value is -2.37. The molecule has 2 rings (SSSR count). The van der Waals surface area contributed by atoms with E-state index in [9.17, 15) is 0 Å². The minimum atomic E-state index is 0.350. The number of H-pyrrole nitrogens is 1. The molecule has 0 bridgehead atoms. The number of nitrogens with two attached hydrogens (primary N) is 1. The van der Waals surface area contributed by atoms with Gasteiger partial charge in [0.1, 0.15) is 18.7 Å². The third kappa shape index (κ3) is 2.81. The normalized spacial score (nSPS) is 11.4. The largest absolute Gasteiger partial charge is 0.370 e. The van der Waals surface area contributed by atoms with Crippen LogP contribution in [0.25, 0.3) is 0 Å². The highest BCUT2D eigenvalue weighted by Crippen LogP contribution is 2.03. The highest BCUT2D eigenvalue weighted by Gasteiger charge is 1.95. The number of rotatable bonds is 3. The first-order chi connectivity index (χ1) is 7.84. The van der Waals surface area contributed by atoms with Gasteiger partial charge in [0.15, 0.2) is 5.96 Å². The summed E-state index contributed by atoms with van der Waals surface area (Å²) in [6, 6.07) is 9.61. The SMILES string of the molecule is NC(=NCc1ncn[nH]1)Nc1ccccc1. The number of hydrogen-bond donors (Lipinski definition) is 3. The molecule has 0 amide bonds. The summed E-state index contributed by atoms with van der Waals surface area (Å²) in [5, 5.41) is 9.39. The molecule has 2 aromatic rings. The van der Waals surface area contributed by atoms with Crippen LogP contribution >= 0.6 is 0 Å². The first-order valence-corrected chi connectivity index (χ1v) is 4.81. The molecule has 0 aliphatic carbocycles. The number of nitrogens with one attached hydrogen (secondary N) is 2. The number of anilines is 1. The number of nitrogens with zero attached hydrogens (tertiary/aromatic N) is 3. The maximum Gasteiger partial charge on any atom is 0.193 e. The standard InChI is InChI=1S/C10H12N6/c11-10(12-6-9-13-7-14-16-9)15-8-4-2-1-3-5-8/h1-5,7H,6H2,(H3,11,12,15)(H,13,14,16). The average Bonchev–Trinajstić information content (AvgIpc) is 2.81. The van der Waals surface area contributed by atoms with E-state index in [4.69, 9.17) is 5.73 Å². The molecule has 6 heteroatoms. The van der Waals surface area contributed by atoms with Gasteiger partial charge in [0.25, 0.3) is 0 Å². The number of hydrogen-bond acceptors (Lipinski definition) is 3. The van der Waals surface area contributed by atoms with E-state index in [2.05, 4.69) is 25.5 Å². The lowest BCUT2D eigenvalue weighted by atomic mass is 10.3. The van der Waals surface area contributed by atoms with Crippen LogP contribution in [0.4, 0.5) is 5.69 Å². The molecule has 0 fully saturated rings. The molecule has 0 atom stereocenters. The Labute approximate surface area is 92.6 Å². The zero-order valence-corrected chi connectivity index (χ0v) is 8.59. The average molecular weight is 216 g/mol. The van der Waals surface area contributed by atoms with Crippen LogP contribution in [-0.4, -0.2) is 21.1 Å². The first kappa shape index (κ1) is 10.2. The second-order valence-corrected chi connectivity index (χ2v) is 3.12. The van der Waals surface area contributed by atoms with Crippen molar-refractivity contribution in [1.29, 1.82) is 0 Å². The van der Waals surface area contributed by atoms with E-state index in [0.29, 0.717) is 18.3 Å². The number of aromatic amines is 1. The van der Waals surface area contributed by atoms with Gasteiger partial charge in [0.2, 0.25) is 0 Å². The quantitative estimate of drug-likeness (QED) is 0.521. The lowest BCUT2D eigenvalue weighted by Gasteiger charge is -2.03. The van der Waals surface area contributed by atoms with Crippen LogP contribution in [0.1, 0.15) is 5.82 Å². The van der Waals surface area contributed by atoms with Gasteiger partial charge in [0.05, 0.1) is 0 Å². The Morgan fingerprint density at radius 3 is 2.88 bits per heavy atom. The monoisotopic (exact) mass is 216 g/mol. The van der Waals surface area contributed by atoms with Crippen LogP contribution in [-0.2, 0) is 6.54 Å². The number of para-hydroxylation sites is 1. The van der Waals surface area contributed by atoms with E-state index in [1.165, 1.54) is 6.33 Å². The van der Waals surface area contributed by atoms with Crippen LogP contribution in [0.3, 0.4) is 0 Å². The van der Waals surface area contributed by atoms with E-state index < -0.39 is 0 Å². The molecular weight excluding hydrogens is 204 g/mol. The van der Waals surface area contributed by atoms with Gasteiger partial charge in [-0.25, -0.2) is 9.98 Å². The van der Waals surface area contributed by atoms with Crippen LogP contribution in [0.5, 0.6) is 0 Å². The van der Waals surface area contributed by atoms with Crippen LogP contribution in [0.15, 0.2) is 41.7 Å². The van der Waals surface area contributed by atoms with Crippen molar-refractivity contribution in [2.45, 2.75) is 6.54 Å². The van der Waals surface area contributed by atoms with Crippen LogP contribution in [0, 0.1) is 0 Å². The summed E-state index contributed by atoms with van der Waals surface area (Å²) < 4.78 is 0. The van der Waals surface area contributed by atoms with E-state index in [-0.39, 0.29) is 0 Å². The predicted molar refractivity (Wildman–Crippen MR) is 61.8 cm³/mol. The molecular formula is C10H12N6. The molecule has 4 N–H and O–H groups in total. The highest BCUT2D eigenvalue weighted by molar-refractivity contribution is 5.92. The Morgan fingerprint density at radius 1 is 1.38 bits per heavy atom. The van der Waals surface area contributed by atoms with Crippen molar-refractivity contribution >= 4 is 11.6 Å². The highest BCUT2D eigenvalue weighted by atomic mass is 15.2. The Balaban J connectivity index is 1.93. The summed E-state index contributed by atoms with van der Waals surface area (Å²) in [6.45, 7) is 0.381. The Kier molecular flexibility index (Phi) is 3.12. The van der Waals surface area contributed by atoms with Gasteiger partial charge >= 0.3 is 0 Å². The zero-order chi connectivity index (χ0) is 11.2. The van der Waals surface area contributed by atoms with Gasteiger partial charge in [0, 0.05) is 5.69 Å². The van der Waals surface area contributed by atoms with Crippen molar-refractivity contribution in [1.82, 2.24) is 15.2 Å². The molecule has 16 heavy (non-hydrogen) atoms. The fourth-order valence-electron chi connectivity index (χ4n) is 1.18. The summed E-state index contributed by atoms with van der Waals surface area (Å²) in [6.07, 6.45) is 1.44. The van der Waals surface area contributed by atoms with Crippen molar-refractivity contribution in [2.24, 2.45) is 10.7 Å². The molecule has 0 saturated carbocycles. The number of aromatic nitrogens is 3. The predicted octanol–water partition coefficient (Wildman–Crippen LogP) is 0.731. The molecule has 0 unspecified atom stereocenters. The molecule has 1 aromatic carbocycles. The van der Waals surface area contributed by atoms with Gasteiger partial charge in [-0.3, -0.25) is 5.10 Å². The van der Waals surface area contributed by atoms with Crippen LogP contribution < -0.4 is 11.1 Å². The van der Waals surface area contributed by atoms with Crippen molar-refractivity contribution in [3.05, 3.63) is 42.5 Å². The molecule has 1 heterocycles. The number of benzene rings is 1. The Morgan fingerprint density at radius 2 is 2.19 bits per heavy atom. The number of guanidine groups is 1. The molecule has 82 valence electrons. The second kappa shape index (κ2) is 4.92. The molecule has 0 spiro atoms. The van der Waals surface area contributed by atoms with Gasteiger partial charge in [-0.2, -0.15) is 5.10 Å². The van der Waals surface area contributed by atoms with Crippen molar-refractivity contribution in [3.63, 3.8) is 0 Å². The maximum absolute atomic E-state index is 5.70. The minimum Gasteiger partial charge on any atom is -0.370 e. The van der Waals surface area contributed by atoms with Gasteiger partial charge in [-0.15, -0.1) is 0 Å². The third-order valence-corrected chi connectivity index (χ3v) is 1.91. The van der Waals surface area contributed by atoms with E-state index >= 15 is 0 Å². The minimum absolute atomic E-state index is 0.350. The second-order valence-electron chi connectivity index (χ2n) is 3.12. The van der Waals surface area contributed by atoms with E-state index in [1.807, 2.05) is 30.3 Å². The summed E-state index contributed by atoms with van der Waals surface area (Å²) in [4.78, 5) is 8.05. The molecule has 0 radical (unpaired) electrons. The first-order valence-electron chi connectivity index (χ1n) is 4.81. The topological polar surface area (TPSA) is 92.0 Å². The van der Waals surface area contributed by atoms with E-state index in [0.717, 1.165) is 5.69 Å². The van der Waals surface area contributed by atoms with E-state index in [1.54, 1.807) is 0 Å². The zero-order valence-electron chi connectivity index (χ0n) is 8.59. The van der Waals surface area contributed by atoms with Crippen molar-refractivity contribution in [3.8, 4) is 0 Å². The molecule has 6 nitrogen and oxygen atoms in total. The van der Waals surface area contributed by atoms with Crippen molar-refractivity contribution < 1.29 is 0 Å². The number of aliphatic imine (C=N–C) groups is 1. The van der Waals surface area contributed by atoms with Gasteiger partial charge in [-0.1, -0.05) is 18.2 Å². The van der Waals surface area contributed by atoms with Crippen LogP contribution in [0.2, 0.25) is 0 Å². The summed E-state index contributed by atoms with van der Waals surface area (Å²) in [7, 11) is 0. The van der Waals surface area contributed by atoms with Gasteiger partial charge < -0.3 is 11.1 Å². The lowest BCUT2D eigenvalue weighted by Crippen LogP contribution is -2.22. The molecule has 0 aliphatic rings. The molecule has 0 saturated heterocycles. The maximum atomic E-state index is 5.70. The van der Waals surface area contributed by atoms with Gasteiger partial charge in [-0.05, 0) is 12.1 Å². The summed E-state index contributed by atoms with van der Waals surface area (Å²) in [5.74, 6) is 1.03. The fourth-order valence-corrected chi connectivity index (χ4v) is 1.18. The molecule has 1 aromatic heterocycles. The third-order valence-electron chi connectivity index (χ3n) is 1.91. The summed E-state index contributed by atoms with van der Waals surface area (Å²) in [5.41, 5.74) is 6.60. The smallest absolute Gasteiger partial charge is 0.193 e. The summed E-state index contributed by atoms with van der Waals surface area (Å²) >= 11 is 0. The fraction of sp³-hybridized carbons (Fsp3) is 0.100.